The number of halogens is 1. The zero-order valence-electron chi connectivity index (χ0n) is 11.3. The average Bonchev–Trinajstić information content (AvgIpc) is 2.76. The second kappa shape index (κ2) is 5.98. The smallest absolute Gasteiger partial charge is 0.120 e. The molecule has 0 saturated carbocycles. The van der Waals surface area contributed by atoms with Crippen LogP contribution < -0.4 is 10.5 Å². The van der Waals surface area contributed by atoms with E-state index in [-0.39, 0.29) is 6.04 Å². The van der Waals surface area contributed by atoms with Crippen molar-refractivity contribution in [1.29, 1.82) is 0 Å². The third-order valence-corrected chi connectivity index (χ3v) is 4.45. The van der Waals surface area contributed by atoms with Gasteiger partial charge in [-0.15, -0.1) is 0 Å². The predicted octanol–water partition coefficient (Wildman–Crippen LogP) is 4.09. The monoisotopic (exact) mass is 331 g/mol. The molecule has 2 atom stereocenters. The lowest BCUT2D eigenvalue weighted by molar-refractivity contribution is 0.268. The summed E-state index contributed by atoms with van der Waals surface area (Å²) >= 11 is 3.45. The Morgan fingerprint density at radius 1 is 1.15 bits per heavy atom. The summed E-state index contributed by atoms with van der Waals surface area (Å²) in [6.07, 6.45) is 2.06. The largest absolute Gasteiger partial charge is 0.494 e. The van der Waals surface area contributed by atoms with E-state index in [0.717, 1.165) is 23.1 Å². The molecular weight excluding hydrogens is 314 g/mol. The molecule has 0 aromatic heterocycles. The zero-order chi connectivity index (χ0) is 13.9. The van der Waals surface area contributed by atoms with Crippen LogP contribution >= 0.6 is 15.9 Å². The number of benzene rings is 2. The van der Waals surface area contributed by atoms with Gasteiger partial charge < -0.3 is 10.5 Å². The molecule has 1 aliphatic rings. The Balaban J connectivity index is 1.56. The van der Waals surface area contributed by atoms with Crippen LogP contribution in [0.2, 0.25) is 0 Å². The number of hydrogen-bond acceptors (Lipinski definition) is 2. The Morgan fingerprint density at radius 2 is 2.00 bits per heavy atom. The van der Waals surface area contributed by atoms with Crippen molar-refractivity contribution in [3.05, 3.63) is 64.1 Å². The van der Waals surface area contributed by atoms with Gasteiger partial charge in [-0.2, -0.15) is 0 Å². The number of rotatable bonds is 4. The van der Waals surface area contributed by atoms with Crippen LogP contribution in [-0.2, 0) is 6.42 Å². The van der Waals surface area contributed by atoms with Crippen LogP contribution in [0.15, 0.2) is 53.0 Å². The molecule has 2 aromatic rings. The molecule has 0 saturated heterocycles. The van der Waals surface area contributed by atoms with Crippen molar-refractivity contribution >= 4 is 15.9 Å². The molecule has 0 spiro atoms. The van der Waals surface area contributed by atoms with E-state index in [2.05, 4.69) is 40.2 Å². The summed E-state index contributed by atoms with van der Waals surface area (Å²) in [5.41, 5.74) is 9.03. The molecule has 1 aliphatic carbocycles. The molecular formula is C17H18BrNO. The molecule has 3 heteroatoms. The Kier molecular flexibility index (Phi) is 4.08. The molecule has 0 fully saturated rings. The highest BCUT2D eigenvalue weighted by Gasteiger charge is 2.28. The number of ether oxygens (including phenoxy) is 1. The first-order chi connectivity index (χ1) is 9.74. The summed E-state index contributed by atoms with van der Waals surface area (Å²) < 4.78 is 6.85. The molecule has 3 rings (SSSR count). The summed E-state index contributed by atoms with van der Waals surface area (Å²) in [5, 5.41) is 0. The summed E-state index contributed by atoms with van der Waals surface area (Å²) in [6.45, 7) is 0.711. The van der Waals surface area contributed by atoms with Crippen molar-refractivity contribution in [3.8, 4) is 5.75 Å². The first-order valence-electron chi connectivity index (χ1n) is 6.96. The van der Waals surface area contributed by atoms with Gasteiger partial charge in [0.2, 0.25) is 0 Å². The van der Waals surface area contributed by atoms with Gasteiger partial charge in [0, 0.05) is 10.5 Å². The first-order valence-corrected chi connectivity index (χ1v) is 7.75. The lowest BCUT2D eigenvalue weighted by Gasteiger charge is -2.16. The second-order valence-electron chi connectivity index (χ2n) is 5.28. The molecule has 0 aliphatic heterocycles. The van der Waals surface area contributed by atoms with Gasteiger partial charge in [-0.3, -0.25) is 0 Å². The molecule has 2 N–H and O–H groups in total. The molecule has 2 nitrogen and oxygen atoms in total. The van der Waals surface area contributed by atoms with Crippen LogP contribution in [0.5, 0.6) is 5.75 Å². The Hall–Kier alpha value is -1.32. The molecule has 2 unspecified atom stereocenters. The maximum Gasteiger partial charge on any atom is 0.120 e. The number of fused-ring (bicyclic) bond motifs is 1. The minimum Gasteiger partial charge on any atom is -0.494 e. The first kappa shape index (κ1) is 13.7. The predicted molar refractivity (Wildman–Crippen MR) is 84.8 cm³/mol. The standard InChI is InChI=1S/C17H18BrNO/c18-14-5-3-6-15(11-14)20-9-8-13-10-12-4-1-2-7-16(12)17(13)19/h1-7,11,13,17H,8-10,19H2. The average molecular weight is 332 g/mol. The van der Waals surface area contributed by atoms with Crippen LogP contribution in [0.1, 0.15) is 23.6 Å². The Bertz CT molecular complexity index is 599. The van der Waals surface area contributed by atoms with Crippen molar-refractivity contribution in [2.24, 2.45) is 11.7 Å². The van der Waals surface area contributed by atoms with Gasteiger partial charge in [0.05, 0.1) is 6.61 Å². The lowest BCUT2D eigenvalue weighted by atomic mass is 9.98. The highest BCUT2D eigenvalue weighted by molar-refractivity contribution is 9.10. The van der Waals surface area contributed by atoms with E-state index < -0.39 is 0 Å². The lowest BCUT2D eigenvalue weighted by Crippen LogP contribution is -2.19. The fourth-order valence-corrected chi connectivity index (χ4v) is 3.25. The van der Waals surface area contributed by atoms with Crippen molar-refractivity contribution < 1.29 is 4.74 Å². The van der Waals surface area contributed by atoms with Gasteiger partial charge in [-0.1, -0.05) is 46.3 Å². The number of nitrogens with two attached hydrogens (primary N) is 1. The van der Waals surface area contributed by atoms with Crippen LogP contribution in [0.3, 0.4) is 0 Å². The van der Waals surface area contributed by atoms with Crippen LogP contribution in [0, 0.1) is 5.92 Å². The SMILES string of the molecule is NC1c2ccccc2CC1CCOc1cccc(Br)c1. The van der Waals surface area contributed by atoms with E-state index in [9.17, 15) is 0 Å². The molecule has 0 bridgehead atoms. The minimum atomic E-state index is 0.150. The molecule has 0 amide bonds. The maximum absolute atomic E-state index is 6.33. The summed E-state index contributed by atoms with van der Waals surface area (Å²) in [7, 11) is 0. The van der Waals surface area contributed by atoms with Gasteiger partial charge in [0.15, 0.2) is 0 Å². The van der Waals surface area contributed by atoms with Gasteiger partial charge in [-0.25, -0.2) is 0 Å². The van der Waals surface area contributed by atoms with E-state index in [1.807, 2.05) is 24.3 Å². The fraction of sp³-hybridized carbons (Fsp3) is 0.294. The Morgan fingerprint density at radius 3 is 2.80 bits per heavy atom. The van der Waals surface area contributed by atoms with E-state index in [0.29, 0.717) is 12.5 Å². The fourth-order valence-electron chi connectivity index (χ4n) is 2.88. The minimum absolute atomic E-state index is 0.150. The molecule has 20 heavy (non-hydrogen) atoms. The topological polar surface area (TPSA) is 35.2 Å². The van der Waals surface area contributed by atoms with E-state index >= 15 is 0 Å². The third kappa shape index (κ3) is 2.89. The molecule has 104 valence electrons. The third-order valence-electron chi connectivity index (χ3n) is 3.96. The molecule has 0 radical (unpaired) electrons. The maximum atomic E-state index is 6.33. The quantitative estimate of drug-likeness (QED) is 0.915. The van der Waals surface area contributed by atoms with Crippen molar-refractivity contribution in [3.63, 3.8) is 0 Å². The van der Waals surface area contributed by atoms with Gasteiger partial charge in [0.25, 0.3) is 0 Å². The van der Waals surface area contributed by atoms with Crippen molar-refractivity contribution in [1.82, 2.24) is 0 Å². The van der Waals surface area contributed by atoms with Gasteiger partial charge in [0.1, 0.15) is 5.75 Å². The van der Waals surface area contributed by atoms with Crippen LogP contribution in [-0.4, -0.2) is 6.61 Å². The van der Waals surface area contributed by atoms with Crippen molar-refractivity contribution in [2.75, 3.05) is 6.61 Å². The van der Waals surface area contributed by atoms with Gasteiger partial charge in [-0.05, 0) is 48.1 Å². The highest BCUT2D eigenvalue weighted by atomic mass is 79.9. The summed E-state index contributed by atoms with van der Waals surface area (Å²) in [5.74, 6) is 1.39. The highest BCUT2D eigenvalue weighted by Crippen LogP contribution is 2.36. The summed E-state index contributed by atoms with van der Waals surface area (Å²) in [6, 6.07) is 16.6. The van der Waals surface area contributed by atoms with Gasteiger partial charge >= 0.3 is 0 Å². The normalized spacial score (nSPS) is 20.7. The Labute approximate surface area is 128 Å². The van der Waals surface area contributed by atoms with Crippen LogP contribution in [0.25, 0.3) is 0 Å². The van der Waals surface area contributed by atoms with Crippen LogP contribution in [0.4, 0.5) is 0 Å². The zero-order valence-corrected chi connectivity index (χ0v) is 12.8. The van der Waals surface area contributed by atoms with E-state index in [1.54, 1.807) is 0 Å². The summed E-state index contributed by atoms with van der Waals surface area (Å²) in [4.78, 5) is 0. The van der Waals surface area contributed by atoms with Crippen molar-refractivity contribution in [2.45, 2.75) is 18.9 Å². The number of hydrogen-bond donors (Lipinski definition) is 1. The second-order valence-corrected chi connectivity index (χ2v) is 6.20. The van der Waals surface area contributed by atoms with E-state index in [1.165, 1.54) is 11.1 Å². The molecule has 0 heterocycles. The van der Waals surface area contributed by atoms with E-state index in [4.69, 9.17) is 10.5 Å². The molecule has 2 aromatic carbocycles.